The molecule has 13 heavy (non-hydrogen) atoms. The summed E-state index contributed by atoms with van der Waals surface area (Å²) in [5.41, 5.74) is 0. The number of hydrogen-bond acceptors (Lipinski definition) is 2. The first-order valence-corrected chi connectivity index (χ1v) is 4.58. The highest BCUT2D eigenvalue weighted by atomic mass is 79.9. The van der Waals surface area contributed by atoms with Gasteiger partial charge in [0.1, 0.15) is 11.5 Å². The minimum atomic E-state index is 0.154. The van der Waals surface area contributed by atoms with E-state index in [9.17, 15) is 10.2 Å². The number of phenols is 2. The normalized spacial score (nSPS) is 10.5. The molecule has 2 nitrogen and oxygen atoms in total. The Morgan fingerprint density at radius 1 is 0.923 bits per heavy atom. The van der Waals surface area contributed by atoms with Crippen LogP contribution in [0.15, 0.2) is 34.8 Å². The first kappa shape index (κ1) is 8.38. The second kappa shape index (κ2) is 2.92. The SMILES string of the molecule is Oc1ccc2c(Br)ccc(O)c2c1. The maximum atomic E-state index is 9.49. The molecule has 0 aliphatic heterocycles. The van der Waals surface area contributed by atoms with Crippen LogP contribution in [0.2, 0.25) is 0 Å². The van der Waals surface area contributed by atoms with Crippen molar-refractivity contribution in [1.29, 1.82) is 0 Å². The lowest BCUT2D eigenvalue weighted by atomic mass is 10.1. The van der Waals surface area contributed by atoms with Crippen molar-refractivity contribution in [2.75, 3.05) is 0 Å². The molecule has 3 heteroatoms. The van der Waals surface area contributed by atoms with Crippen molar-refractivity contribution in [2.24, 2.45) is 0 Å². The highest BCUT2D eigenvalue weighted by molar-refractivity contribution is 9.10. The van der Waals surface area contributed by atoms with Crippen LogP contribution in [0.3, 0.4) is 0 Å². The number of hydrogen-bond donors (Lipinski definition) is 2. The molecule has 0 atom stereocenters. The molecule has 0 aliphatic rings. The van der Waals surface area contributed by atoms with Crippen molar-refractivity contribution in [1.82, 2.24) is 0 Å². The van der Waals surface area contributed by atoms with Crippen LogP contribution >= 0.6 is 15.9 Å². The minimum Gasteiger partial charge on any atom is -0.508 e. The second-order valence-corrected chi connectivity index (χ2v) is 3.65. The first-order valence-electron chi connectivity index (χ1n) is 3.78. The largest absolute Gasteiger partial charge is 0.508 e. The molecule has 0 saturated carbocycles. The van der Waals surface area contributed by atoms with Gasteiger partial charge in [0.15, 0.2) is 0 Å². The Bertz CT molecular complexity index is 466. The Balaban J connectivity index is 2.92. The monoisotopic (exact) mass is 238 g/mol. The predicted molar refractivity (Wildman–Crippen MR) is 55.0 cm³/mol. The number of fused-ring (bicyclic) bond motifs is 1. The van der Waals surface area contributed by atoms with Crippen LogP contribution in [-0.4, -0.2) is 10.2 Å². The lowest BCUT2D eigenvalue weighted by Gasteiger charge is -2.03. The fourth-order valence-electron chi connectivity index (χ4n) is 1.28. The second-order valence-electron chi connectivity index (χ2n) is 2.80. The van der Waals surface area contributed by atoms with Gasteiger partial charge in [-0.3, -0.25) is 0 Å². The summed E-state index contributed by atoms with van der Waals surface area (Å²) in [6, 6.07) is 8.25. The van der Waals surface area contributed by atoms with Gasteiger partial charge in [0, 0.05) is 9.86 Å². The number of rotatable bonds is 0. The van der Waals surface area contributed by atoms with Gasteiger partial charge in [0.2, 0.25) is 0 Å². The van der Waals surface area contributed by atoms with Gasteiger partial charge in [0.05, 0.1) is 0 Å². The molecular formula is C10H7BrO2. The van der Waals surface area contributed by atoms with Crippen LogP contribution in [0, 0.1) is 0 Å². The topological polar surface area (TPSA) is 40.5 Å². The van der Waals surface area contributed by atoms with Gasteiger partial charge in [-0.05, 0) is 35.7 Å². The summed E-state index contributed by atoms with van der Waals surface area (Å²) in [7, 11) is 0. The standard InChI is InChI=1S/C10H7BrO2/c11-9-3-4-10(13)8-5-6(12)1-2-7(8)9/h1-5,12-13H. The summed E-state index contributed by atoms with van der Waals surface area (Å²) in [5.74, 6) is 0.329. The van der Waals surface area contributed by atoms with Gasteiger partial charge in [-0.25, -0.2) is 0 Å². The average molecular weight is 239 g/mol. The fraction of sp³-hybridized carbons (Fsp3) is 0. The first-order chi connectivity index (χ1) is 6.18. The van der Waals surface area contributed by atoms with Crippen LogP contribution in [0.5, 0.6) is 11.5 Å². The van der Waals surface area contributed by atoms with Gasteiger partial charge >= 0.3 is 0 Å². The van der Waals surface area contributed by atoms with Crippen molar-refractivity contribution in [3.8, 4) is 11.5 Å². The molecule has 2 N–H and O–H groups in total. The Hall–Kier alpha value is -1.22. The van der Waals surface area contributed by atoms with Gasteiger partial charge in [-0.2, -0.15) is 0 Å². The van der Waals surface area contributed by atoms with Crippen molar-refractivity contribution in [3.63, 3.8) is 0 Å². The summed E-state index contributed by atoms with van der Waals surface area (Å²) in [6.45, 7) is 0. The molecule has 2 aromatic carbocycles. The molecule has 0 heterocycles. The lowest BCUT2D eigenvalue weighted by Crippen LogP contribution is -1.75. The fourth-order valence-corrected chi connectivity index (χ4v) is 1.76. The van der Waals surface area contributed by atoms with Crippen LogP contribution in [0.4, 0.5) is 0 Å². The van der Waals surface area contributed by atoms with E-state index in [4.69, 9.17) is 0 Å². The Labute approximate surface area is 83.6 Å². The summed E-state index contributed by atoms with van der Waals surface area (Å²) >= 11 is 3.36. The van der Waals surface area contributed by atoms with Crippen molar-refractivity contribution < 1.29 is 10.2 Å². The Morgan fingerprint density at radius 3 is 2.46 bits per heavy atom. The van der Waals surface area contributed by atoms with Crippen LogP contribution in [-0.2, 0) is 0 Å². The minimum absolute atomic E-state index is 0.154. The number of benzene rings is 2. The highest BCUT2D eigenvalue weighted by Gasteiger charge is 2.03. The maximum absolute atomic E-state index is 9.49. The zero-order valence-corrected chi connectivity index (χ0v) is 8.25. The molecule has 0 spiro atoms. The van der Waals surface area contributed by atoms with Gasteiger partial charge in [-0.1, -0.05) is 15.9 Å². The molecule has 2 aromatic rings. The van der Waals surface area contributed by atoms with E-state index in [0.717, 1.165) is 9.86 Å². The molecule has 0 saturated heterocycles. The van der Waals surface area contributed by atoms with Crippen LogP contribution < -0.4 is 0 Å². The molecule has 0 fully saturated rings. The van der Waals surface area contributed by atoms with E-state index in [1.807, 2.05) is 0 Å². The number of phenolic OH excluding ortho intramolecular Hbond substituents is 2. The Kier molecular flexibility index (Phi) is 1.88. The lowest BCUT2D eigenvalue weighted by molar-refractivity contribution is 0.471. The van der Waals surface area contributed by atoms with Gasteiger partial charge in [0.25, 0.3) is 0 Å². The molecule has 0 bridgehead atoms. The van der Waals surface area contributed by atoms with E-state index < -0.39 is 0 Å². The third kappa shape index (κ3) is 1.35. The van der Waals surface area contributed by atoms with Crippen molar-refractivity contribution in [2.45, 2.75) is 0 Å². The van der Waals surface area contributed by atoms with E-state index in [2.05, 4.69) is 15.9 Å². The highest BCUT2D eigenvalue weighted by Crippen LogP contribution is 2.32. The molecule has 2 rings (SSSR count). The Morgan fingerprint density at radius 2 is 1.69 bits per heavy atom. The van der Waals surface area contributed by atoms with E-state index in [0.29, 0.717) is 5.39 Å². The third-order valence-electron chi connectivity index (χ3n) is 1.92. The van der Waals surface area contributed by atoms with Crippen molar-refractivity contribution in [3.05, 3.63) is 34.8 Å². The van der Waals surface area contributed by atoms with E-state index in [1.165, 1.54) is 6.07 Å². The van der Waals surface area contributed by atoms with Gasteiger partial charge in [-0.15, -0.1) is 0 Å². The molecule has 0 radical (unpaired) electrons. The maximum Gasteiger partial charge on any atom is 0.123 e. The summed E-state index contributed by atoms with van der Waals surface area (Å²) in [5, 5.41) is 20.2. The molecular weight excluding hydrogens is 232 g/mol. The number of halogens is 1. The molecule has 0 aromatic heterocycles. The molecule has 0 aliphatic carbocycles. The quantitative estimate of drug-likeness (QED) is 0.741. The molecule has 0 amide bonds. The predicted octanol–water partition coefficient (Wildman–Crippen LogP) is 3.01. The zero-order valence-electron chi connectivity index (χ0n) is 6.66. The smallest absolute Gasteiger partial charge is 0.123 e. The summed E-state index contributed by atoms with van der Waals surface area (Å²) in [6.07, 6.45) is 0. The van der Waals surface area contributed by atoms with Crippen molar-refractivity contribution >= 4 is 26.7 Å². The molecule has 66 valence electrons. The van der Waals surface area contributed by atoms with Gasteiger partial charge < -0.3 is 10.2 Å². The van der Waals surface area contributed by atoms with E-state index >= 15 is 0 Å². The van der Waals surface area contributed by atoms with Crippen LogP contribution in [0.1, 0.15) is 0 Å². The third-order valence-corrected chi connectivity index (χ3v) is 2.62. The molecule has 0 unspecified atom stereocenters. The summed E-state index contributed by atoms with van der Waals surface area (Å²) in [4.78, 5) is 0. The van der Waals surface area contributed by atoms with E-state index in [1.54, 1.807) is 24.3 Å². The zero-order chi connectivity index (χ0) is 9.42. The number of aromatic hydroxyl groups is 2. The van der Waals surface area contributed by atoms with E-state index in [-0.39, 0.29) is 11.5 Å². The van der Waals surface area contributed by atoms with Crippen LogP contribution in [0.25, 0.3) is 10.8 Å². The summed E-state index contributed by atoms with van der Waals surface area (Å²) < 4.78 is 0.903. The average Bonchev–Trinajstić information content (AvgIpc) is 2.12.